The van der Waals surface area contributed by atoms with Crippen LogP contribution in [-0.4, -0.2) is 16.0 Å². The van der Waals surface area contributed by atoms with Crippen LogP contribution in [0.1, 0.15) is 27.2 Å². The number of benzene rings is 1. The first-order chi connectivity index (χ1) is 10.9. The van der Waals surface area contributed by atoms with E-state index in [0.717, 1.165) is 6.08 Å². The number of phenols is 1. The van der Waals surface area contributed by atoms with Crippen molar-refractivity contribution in [1.82, 2.24) is 0 Å². The first kappa shape index (κ1) is 16.3. The zero-order valence-electron chi connectivity index (χ0n) is 12.6. The first-order valence-electron chi connectivity index (χ1n) is 6.92. The highest BCUT2D eigenvalue weighted by atomic mass is 16.4. The molecule has 2 rings (SSSR count). The third-order valence-electron chi connectivity index (χ3n) is 3.23. The van der Waals surface area contributed by atoms with Crippen LogP contribution in [0.25, 0.3) is 6.08 Å². The fraction of sp³-hybridized carbons (Fsp3) is 0.111. The maximum Gasteiger partial charge on any atom is 0.351 e. The minimum Gasteiger partial charge on any atom is -0.507 e. The van der Waals surface area contributed by atoms with E-state index in [1.54, 1.807) is 24.3 Å². The molecule has 118 valence electrons. The molecule has 0 amide bonds. The SMILES string of the molecule is C=CCc1cccc(C=CC(=O)c2c(O)cc(C)oc2=O)c1O. The molecule has 0 saturated heterocycles. The van der Waals surface area contributed by atoms with Gasteiger partial charge in [-0.1, -0.05) is 24.3 Å². The average molecular weight is 312 g/mol. The molecule has 2 aromatic rings. The van der Waals surface area contributed by atoms with E-state index < -0.39 is 22.7 Å². The Morgan fingerprint density at radius 3 is 2.74 bits per heavy atom. The van der Waals surface area contributed by atoms with Gasteiger partial charge in [-0.25, -0.2) is 4.79 Å². The summed E-state index contributed by atoms with van der Waals surface area (Å²) < 4.78 is 4.81. The first-order valence-corrected chi connectivity index (χ1v) is 6.92. The van der Waals surface area contributed by atoms with Crippen molar-refractivity contribution in [3.63, 3.8) is 0 Å². The van der Waals surface area contributed by atoms with Gasteiger partial charge in [-0.2, -0.15) is 0 Å². The molecule has 23 heavy (non-hydrogen) atoms. The zero-order chi connectivity index (χ0) is 17.0. The second-order valence-corrected chi connectivity index (χ2v) is 4.95. The lowest BCUT2D eigenvalue weighted by atomic mass is 10.0. The van der Waals surface area contributed by atoms with Gasteiger partial charge >= 0.3 is 5.63 Å². The van der Waals surface area contributed by atoms with Crippen molar-refractivity contribution in [2.24, 2.45) is 0 Å². The van der Waals surface area contributed by atoms with E-state index in [1.165, 1.54) is 19.1 Å². The van der Waals surface area contributed by atoms with Gasteiger partial charge in [-0.3, -0.25) is 4.79 Å². The van der Waals surface area contributed by atoms with Crippen molar-refractivity contribution in [1.29, 1.82) is 0 Å². The summed E-state index contributed by atoms with van der Waals surface area (Å²) in [4.78, 5) is 23.8. The van der Waals surface area contributed by atoms with E-state index in [1.807, 2.05) is 0 Å². The summed E-state index contributed by atoms with van der Waals surface area (Å²) >= 11 is 0. The summed E-state index contributed by atoms with van der Waals surface area (Å²) in [5.74, 6) is -0.887. The molecule has 1 aromatic carbocycles. The van der Waals surface area contributed by atoms with Crippen LogP contribution in [0.2, 0.25) is 0 Å². The fourth-order valence-electron chi connectivity index (χ4n) is 2.14. The highest BCUT2D eigenvalue weighted by molar-refractivity contribution is 6.08. The number of hydrogen-bond donors (Lipinski definition) is 2. The standard InChI is InChI=1S/C18H16O5/c1-3-5-12-6-4-7-13(17(12)21)8-9-14(19)16-15(20)10-11(2)23-18(16)22/h3-4,6-10,20-21H,1,5H2,2H3. The molecule has 0 aliphatic heterocycles. The second kappa shape index (κ2) is 6.79. The van der Waals surface area contributed by atoms with E-state index in [4.69, 9.17) is 4.42 Å². The molecule has 0 aliphatic rings. The van der Waals surface area contributed by atoms with E-state index in [9.17, 15) is 19.8 Å². The maximum absolute atomic E-state index is 12.1. The Morgan fingerprint density at radius 1 is 1.35 bits per heavy atom. The number of allylic oxidation sites excluding steroid dienone is 2. The van der Waals surface area contributed by atoms with Gasteiger partial charge in [0.25, 0.3) is 0 Å². The molecule has 0 saturated carbocycles. The highest BCUT2D eigenvalue weighted by Gasteiger charge is 2.16. The van der Waals surface area contributed by atoms with E-state index in [-0.39, 0.29) is 11.5 Å². The number of phenolic OH excluding ortho intramolecular Hbond substituents is 1. The number of aryl methyl sites for hydroxylation is 1. The Labute approximate surface area is 132 Å². The molecular weight excluding hydrogens is 296 g/mol. The van der Waals surface area contributed by atoms with Crippen molar-refractivity contribution in [3.8, 4) is 11.5 Å². The van der Waals surface area contributed by atoms with Gasteiger partial charge in [0.1, 0.15) is 22.8 Å². The van der Waals surface area contributed by atoms with Gasteiger partial charge in [0, 0.05) is 11.6 Å². The number of hydrogen-bond acceptors (Lipinski definition) is 5. The van der Waals surface area contributed by atoms with E-state index in [0.29, 0.717) is 17.5 Å². The quantitative estimate of drug-likeness (QED) is 0.503. The number of aromatic hydroxyl groups is 2. The molecule has 1 heterocycles. The molecular formula is C18H16O5. The van der Waals surface area contributed by atoms with Gasteiger partial charge in [0.2, 0.25) is 0 Å². The molecule has 2 N–H and O–H groups in total. The summed E-state index contributed by atoms with van der Waals surface area (Å²) in [5.41, 5.74) is -0.239. The molecule has 0 bridgehead atoms. The highest BCUT2D eigenvalue weighted by Crippen LogP contribution is 2.25. The largest absolute Gasteiger partial charge is 0.507 e. The molecule has 0 spiro atoms. The third-order valence-corrected chi connectivity index (χ3v) is 3.23. The van der Waals surface area contributed by atoms with Crippen molar-refractivity contribution in [2.45, 2.75) is 13.3 Å². The Kier molecular flexibility index (Phi) is 4.81. The molecule has 0 aliphatic carbocycles. The van der Waals surface area contributed by atoms with Crippen LogP contribution >= 0.6 is 0 Å². The molecule has 5 heteroatoms. The summed E-state index contributed by atoms with van der Waals surface area (Å²) in [6.45, 7) is 5.11. The monoisotopic (exact) mass is 312 g/mol. The molecule has 0 fully saturated rings. The Balaban J connectivity index is 2.35. The minimum atomic E-state index is -0.901. The number of carbonyl (C=O) groups is 1. The Morgan fingerprint density at radius 2 is 2.09 bits per heavy atom. The van der Waals surface area contributed by atoms with Gasteiger partial charge in [-0.05, 0) is 31.1 Å². The van der Waals surface area contributed by atoms with Crippen LogP contribution in [-0.2, 0) is 6.42 Å². The van der Waals surface area contributed by atoms with Gasteiger partial charge in [0.05, 0.1) is 0 Å². The predicted molar refractivity (Wildman–Crippen MR) is 86.8 cm³/mol. The van der Waals surface area contributed by atoms with E-state index >= 15 is 0 Å². The van der Waals surface area contributed by atoms with Crippen molar-refractivity contribution < 1.29 is 19.4 Å². The van der Waals surface area contributed by atoms with Crippen LogP contribution in [0.15, 0.2) is 52.2 Å². The predicted octanol–water partition coefficient (Wildman–Crippen LogP) is 2.98. The van der Waals surface area contributed by atoms with Crippen LogP contribution in [0.4, 0.5) is 0 Å². The van der Waals surface area contributed by atoms with E-state index in [2.05, 4.69) is 6.58 Å². The number of carbonyl (C=O) groups excluding carboxylic acids is 1. The Bertz CT molecular complexity index is 843. The molecule has 1 aromatic heterocycles. The lowest BCUT2D eigenvalue weighted by Gasteiger charge is -2.05. The molecule has 0 atom stereocenters. The summed E-state index contributed by atoms with van der Waals surface area (Å²) in [5, 5.41) is 19.8. The van der Waals surface area contributed by atoms with Gasteiger partial charge in [-0.15, -0.1) is 6.58 Å². The van der Waals surface area contributed by atoms with Gasteiger partial charge < -0.3 is 14.6 Å². The van der Waals surface area contributed by atoms with Crippen LogP contribution < -0.4 is 5.63 Å². The summed E-state index contributed by atoms with van der Waals surface area (Å²) in [6.07, 6.45) is 4.63. The van der Waals surface area contributed by atoms with Crippen LogP contribution in [0, 0.1) is 6.92 Å². The summed E-state index contributed by atoms with van der Waals surface area (Å²) in [6, 6.07) is 6.31. The van der Waals surface area contributed by atoms with Crippen LogP contribution in [0.5, 0.6) is 11.5 Å². The van der Waals surface area contributed by atoms with Crippen molar-refractivity contribution >= 4 is 11.9 Å². The normalized spacial score (nSPS) is 10.8. The topological polar surface area (TPSA) is 87.7 Å². The molecule has 5 nitrogen and oxygen atoms in total. The number of rotatable bonds is 5. The van der Waals surface area contributed by atoms with Crippen molar-refractivity contribution in [3.05, 3.63) is 75.9 Å². The maximum atomic E-state index is 12.1. The second-order valence-electron chi connectivity index (χ2n) is 4.95. The number of para-hydroxylation sites is 1. The van der Waals surface area contributed by atoms with Gasteiger partial charge in [0.15, 0.2) is 5.78 Å². The average Bonchev–Trinajstić information content (AvgIpc) is 2.47. The third kappa shape index (κ3) is 3.58. The minimum absolute atomic E-state index is 0.0385. The number of ketones is 1. The van der Waals surface area contributed by atoms with Crippen LogP contribution in [0.3, 0.4) is 0 Å². The smallest absolute Gasteiger partial charge is 0.351 e. The molecule has 0 unspecified atom stereocenters. The molecule has 0 radical (unpaired) electrons. The Hall–Kier alpha value is -3.08. The lowest BCUT2D eigenvalue weighted by Crippen LogP contribution is -2.12. The fourth-order valence-corrected chi connectivity index (χ4v) is 2.14. The van der Waals surface area contributed by atoms with Crippen molar-refractivity contribution in [2.75, 3.05) is 0 Å². The summed E-state index contributed by atoms with van der Waals surface area (Å²) in [7, 11) is 0. The lowest BCUT2D eigenvalue weighted by molar-refractivity contribution is 0.104. The zero-order valence-corrected chi connectivity index (χ0v) is 12.6.